The molecule has 1 aliphatic carbocycles. The van der Waals surface area contributed by atoms with Gasteiger partial charge in [0.15, 0.2) is 0 Å². The molecule has 3 nitrogen and oxygen atoms in total. The van der Waals surface area contributed by atoms with Gasteiger partial charge in [0.1, 0.15) is 16.2 Å². The van der Waals surface area contributed by atoms with Crippen molar-refractivity contribution in [1.82, 2.24) is 9.97 Å². The van der Waals surface area contributed by atoms with Gasteiger partial charge in [0.2, 0.25) is 0 Å². The first-order valence-electron chi connectivity index (χ1n) is 6.99. The summed E-state index contributed by atoms with van der Waals surface area (Å²) in [5, 5.41) is 3.44. The van der Waals surface area contributed by atoms with Crippen molar-refractivity contribution >= 4 is 21.7 Å². The minimum Gasteiger partial charge on any atom is -0.369 e. The molecule has 104 valence electrons. The molecule has 1 heterocycles. The van der Waals surface area contributed by atoms with Gasteiger partial charge in [-0.25, -0.2) is 9.97 Å². The van der Waals surface area contributed by atoms with E-state index in [2.05, 4.69) is 69.3 Å². The van der Waals surface area contributed by atoms with E-state index in [9.17, 15) is 0 Å². The number of halogens is 1. The average molecular weight is 332 g/mol. The standard InChI is InChI=1S/C16H18BrN3/c1-10(2)16-19-14(17)8-15(20-16)18-9-12-7-11-5-3-4-6-13(11)12/h3-6,8,10,12H,7,9H2,1-2H3,(H,18,19,20). The van der Waals surface area contributed by atoms with Crippen LogP contribution in [0.15, 0.2) is 34.9 Å². The minimum atomic E-state index is 0.331. The molecule has 0 fully saturated rings. The van der Waals surface area contributed by atoms with E-state index < -0.39 is 0 Å². The minimum absolute atomic E-state index is 0.331. The van der Waals surface area contributed by atoms with Gasteiger partial charge >= 0.3 is 0 Å². The highest BCUT2D eigenvalue weighted by atomic mass is 79.9. The number of benzene rings is 1. The average Bonchev–Trinajstić information content (AvgIpc) is 2.39. The van der Waals surface area contributed by atoms with Crippen molar-refractivity contribution in [2.45, 2.75) is 32.1 Å². The van der Waals surface area contributed by atoms with Crippen LogP contribution < -0.4 is 5.32 Å². The van der Waals surface area contributed by atoms with Crippen molar-refractivity contribution in [2.24, 2.45) is 0 Å². The Bertz CT molecular complexity index is 625. The number of hydrogen-bond acceptors (Lipinski definition) is 3. The summed E-state index contributed by atoms with van der Waals surface area (Å²) in [7, 11) is 0. The molecule has 20 heavy (non-hydrogen) atoms. The molecule has 0 aliphatic heterocycles. The quantitative estimate of drug-likeness (QED) is 0.856. The summed E-state index contributed by atoms with van der Waals surface area (Å²) in [5.41, 5.74) is 2.95. The first-order valence-corrected chi connectivity index (χ1v) is 7.79. The van der Waals surface area contributed by atoms with E-state index in [1.807, 2.05) is 6.07 Å². The number of aromatic nitrogens is 2. The fraction of sp³-hybridized carbons (Fsp3) is 0.375. The highest BCUT2D eigenvalue weighted by Crippen LogP contribution is 2.34. The Labute approximate surface area is 128 Å². The van der Waals surface area contributed by atoms with Crippen molar-refractivity contribution in [1.29, 1.82) is 0 Å². The second kappa shape index (κ2) is 5.52. The maximum absolute atomic E-state index is 4.57. The van der Waals surface area contributed by atoms with E-state index in [1.54, 1.807) is 0 Å². The van der Waals surface area contributed by atoms with Crippen LogP contribution in [0.5, 0.6) is 0 Å². The maximum atomic E-state index is 4.57. The number of hydrogen-bond donors (Lipinski definition) is 1. The largest absolute Gasteiger partial charge is 0.369 e. The van der Waals surface area contributed by atoms with E-state index in [4.69, 9.17) is 0 Å². The number of rotatable bonds is 4. The lowest BCUT2D eigenvalue weighted by atomic mass is 9.78. The third-order valence-corrected chi connectivity index (χ3v) is 4.13. The summed E-state index contributed by atoms with van der Waals surface area (Å²) in [6.07, 6.45) is 1.16. The highest BCUT2D eigenvalue weighted by Gasteiger charge is 2.25. The summed E-state index contributed by atoms with van der Waals surface area (Å²) in [6.45, 7) is 5.14. The lowest BCUT2D eigenvalue weighted by Crippen LogP contribution is -2.24. The Balaban J connectivity index is 1.68. The number of anilines is 1. The molecule has 0 saturated heterocycles. The molecule has 0 radical (unpaired) electrons. The molecule has 3 rings (SSSR count). The van der Waals surface area contributed by atoms with Gasteiger partial charge in [0.25, 0.3) is 0 Å². The molecule has 1 aromatic carbocycles. The second-order valence-electron chi connectivity index (χ2n) is 5.57. The van der Waals surface area contributed by atoms with Crippen LogP contribution in [0, 0.1) is 0 Å². The van der Waals surface area contributed by atoms with Gasteiger partial charge in [-0.1, -0.05) is 38.1 Å². The van der Waals surface area contributed by atoms with E-state index in [0.29, 0.717) is 11.8 Å². The monoisotopic (exact) mass is 331 g/mol. The van der Waals surface area contributed by atoms with Crippen LogP contribution >= 0.6 is 15.9 Å². The van der Waals surface area contributed by atoms with Crippen molar-refractivity contribution in [3.05, 3.63) is 51.9 Å². The fourth-order valence-corrected chi connectivity index (χ4v) is 2.96. The molecule has 4 heteroatoms. The predicted molar refractivity (Wildman–Crippen MR) is 85.2 cm³/mol. The first-order chi connectivity index (χ1) is 9.63. The molecule has 0 amide bonds. The third kappa shape index (κ3) is 2.70. The number of nitrogens with zero attached hydrogens (tertiary/aromatic N) is 2. The summed E-state index contributed by atoms with van der Waals surface area (Å²) < 4.78 is 0.840. The van der Waals surface area contributed by atoms with E-state index in [-0.39, 0.29) is 0 Å². The Hall–Kier alpha value is -1.42. The number of nitrogens with one attached hydrogen (secondary N) is 1. The van der Waals surface area contributed by atoms with Gasteiger partial charge in [-0.3, -0.25) is 0 Å². The molecule has 1 atom stereocenters. The number of fused-ring (bicyclic) bond motifs is 1. The van der Waals surface area contributed by atoms with E-state index in [1.165, 1.54) is 11.1 Å². The zero-order valence-electron chi connectivity index (χ0n) is 11.7. The molecule has 0 spiro atoms. The van der Waals surface area contributed by atoms with Gasteiger partial charge in [0, 0.05) is 24.4 Å². The molecule has 0 saturated carbocycles. The Morgan fingerprint density at radius 2 is 2.10 bits per heavy atom. The Morgan fingerprint density at radius 1 is 1.30 bits per heavy atom. The molecule has 1 aromatic heterocycles. The molecule has 1 N–H and O–H groups in total. The Morgan fingerprint density at radius 3 is 2.85 bits per heavy atom. The second-order valence-corrected chi connectivity index (χ2v) is 6.38. The summed E-state index contributed by atoms with van der Waals surface area (Å²) >= 11 is 3.45. The van der Waals surface area contributed by atoms with Crippen LogP contribution in [0.25, 0.3) is 0 Å². The van der Waals surface area contributed by atoms with Crippen LogP contribution in [0.3, 0.4) is 0 Å². The van der Waals surface area contributed by atoms with Gasteiger partial charge in [-0.05, 0) is 33.5 Å². The maximum Gasteiger partial charge on any atom is 0.134 e. The molecule has 1 unspecified atom stereocenters. The smallest absolute Gasteiger partial charge is 0.134 e. The third-order valence-electron chi connectivity index (χ3n) is 3.72. The van der Waals surface area contributed by atoms with Crippen molar-refractivity contribution in [3.8, 4) is 0 Å². The molecule has 0 bridgehead atoms. The summed E-state index contributed by atoms with van der Waals surface area (Å²) in [6, 6.07) is 10.6. The van der Waals surface area contributed by atoms with Gasteiger partial charge in [-0.15, -0.1) is 0 Å². The first kappa shape index (κ1) is 13.6. The zero-order valence-corrected chi connectivity index (χ0v) is 13.3. The molecular weight excluding hydrogens is 314 g/mol. The normalized spacial score (nSPS) is 16.7. The van der Waals surface area contributed by atoms with E-state index >= 15 is 0 Å². The van der Waals surface area contributed by atoms with Crippen molar-refractivity contribution < 1.29 is 0 Å². The zero-order chi connectivity index (χ0) is 14.1. The van der Waals surface area contributed by atoms with Crippen LogP contribution in [0.1, 0.15) is 42.6 Å². The van der Waals surface area contributed by atoms with Crippen molar-refractivity contribution in [3.63, 3.8) is 0 Å². The molecule has 1 aliphatic rings. The molecule has 2 aromatic rings. The Kier molecular flexibility index (Phi) is 3.74. The van der Waals surface area contributed by atoms with Crippen LogP contribution in [-0.2, 0) is 6.42 Å². The van der Waals surface area contributed by atoms with Gasteiger partial charge in [-0.2, -0.15) is 0 Å². The summed E-state index contributed by atoms with van der Waals surface area (Å²) in [4.78, 5) is 8.96. The summed E-state index contributed by atoms with van der Waals surface area (Å²) in [5.74, 6) is 2.70. The van der Waals surface area contributed by atoms with Gasteiger partial charge in [0.05, 0.1) is 0 Å². The predicted octanol–water partition coefficient (Wildman–Crippen LogP) is 4.11. The lowest BCUT2D eigenvalue weighted by Gasteiger charge is -2.30. The molecular formula is C16H18BrN3. The van der Waals surface area contributed by atoms with Gasteiger partial charge < -0.3 is 5.32 Å². The van der Waals surface area contributed by atoms with Crippen LogP contribution in [0.4, 0.5) is 5.82 Å². The van der Waals surface area contributed by atoms with Crippen LogP contribution in [-0.4, -0.2) is 16.5 Å². The lowest BCUT2D eigenvalue weighted by molar-refractivity contribution is 0.633. The van der Waals surface area contributed by atoms with Crippen molar-refractivity contribution in [2.75, 3.05) is 11.9 Å². The van der Waals surface area contributed by atoms with E-state index in [0.717, 1.165) is 29.2 Å². The topological polar surface area (TPSA) is 37.8 Å². The SMILES string of the molecule is CC(C)c1nc(Br)cc(NCC2Cc3ccccc32)n1. The fourth-order valence-electron chi connectivity index (χ4n) is 2.56. The highest BCUT2D eigenvalue weighted by molar-refractivity contribution is 9.10. The van der Waals surface area contributed by atoms with Crippen LogP contribution in [0.2, 0.25) is 0 Å².